The molecule has 1 aromatic carbocycles. The molecule has 3 rings (SSSR count). The number of fused-ring (bicyclic) bond motifs is 1. The van der Waals surface area contributed by atoms with Gasteiger partial charge in [0.25, 0.3) is 0 Å². The monoisotopic (exact) mass is 372 g/mol. The van der Waals surface area contributed by atoms with Gasteiger partial charge in [0.2, 0.25) is 5.88 Å². The van der Waals surface area contributed by atoms with Crippen molar-refractivity contribution in [3.8, 4) is 5.88 Å². The summed E-state index contributed by atoms with van der Waals surface area (Å²) >= 11 is 0.889. The molecule has 0 amide bonds. The Hall–Kier alpha value is -2.67. The lowest BCUT2D eigenvalue weighted by Gasteiger charge is -2.11. The lowest BCUT2D eigenvalue weighted by molar-refractivity contribution is -0.149. The van der Waals surface area contributed by atoms with E-state index in [0.717, 1.165) is 38.4 Å². The number of rotatable bonds is 5. The Morgan fingerprint density at radius 2 is 2.15 bits per heavy atom. The van der Waals surface area contributed by atoms with E-state index in [-0.39, 0.29) is 18.5 Å². The average Bonchev–Trinajstić information content (AvgIpc) is 3.06. The number of aliphatic imine (C=N–C) groups is 1. The second-order valence-corrected chi connectivity index (χ2v) is 7.12. The van der Waals surface area contributed by atoms with Crippen molar-refractivity contribution in [1.29, 1.82) is 0 Å². The molecule has 2 heterocycles. The molecule has 136 valence electrons. The van der Waals surface area contributed by atoms with Gasteiger partial charge in [0.15, 0.2) is 0 Å². The maximum absolute atomic E-state index is 12.2. The minimum atomic E-state index is -0.544. The molecule has 0 spiro atoms. The van der Waals surface area contributed by atoms with E-state index in [1.807, 2.05) is 38.1 Å². The molecular formula is C19H20N2O4S. The number of thiazole rings is 1. The molecule has 26 heavy (non-hydrogen) atoms. The minimum Gasteiger partial charge on any atom is -0.493 e. The van der Waals surface area contributed by atoms with Gasteiger partial charge >= 0.3 is 10.8 Å². The van der Waals surface area contributed by atoms with Crippen molar-refractivity contribution in [2.45, 2.75) is 39.8 Å². The van der Waals surface area contributed by atoms with Crippen LogP contribution in [0.2, 0.25) is 0 Å². The van der Waals surface area contributed by atoms with E-state index in [9.17, 15) is 14.7 Å². The summed E-state index contributed by atoms with van der Waals surface area (Å²) in [5, 5.41) is 10.4. The van der Waals surface area contributed by atoms with Crippen LogP contribution in [0.5, 0.6) is 5.88 Å². The Labute approximate surface area is 155 Å². The highest BCUT2D eigenvalue weighted by molar-refractivity contribution is 7.10. The predicted octanol–water partition coefficient (Wildman–Crippen LogP) is 3.60. The fourth-order valence-electron chi connectivity index (χ4n) is 2.67. The highest BCUT2D eigenvalue weighted by atomic mass is 32.1. The number of ether oxygens (including phenoxy) is 1. The summed E-state index contributed by atoms with van der Waals surface area (Å²) < 4.78 is 6.22. The third-order valence-electron chi connectivity index (χ3n) is 4.24. The maximum Gasteiger partial charge on any atom is 0.326 e. The van der Waals surface area contributed by atoms with Crippen molar-refractivity contribution >= 4 is 40.4 Å². The van der Waals surface area contributed by atoms with Crippen LogP contribution in [0.4, 0.5) is 5.69 Å². The highest BCUT2D eigenvalue weighted by Crippen LogP contribution is 2.37. The van der Waals surface area contributed by atoms with Gasteiger partial charge in [-0.1, -0.05) is 36.5 Å². The van der Waals surface area contributed by atoms with Crippen LogP contribution in [0.15, 0.2) is 34.1 Å². The van der Waals surface area contributed by atoms with E-state index in [1.54, 1.807) is 13.0 Å². The molecule has 2 aromatic rings. The van der Waals surface area contributed by atoms with Crippen molar-refractivity contribution in [3.63, 3.8) is 0 Å². The van der Waals surface area contributed by atoms with Gasteiger partial charge in [-0.25, -0.2) is 0 Å². The first kappa shape index (κ1) is 18.1. The summed E-state index contributed by atoms with van der Waals surface area (Å²) in [7, 11) is 0. The molecule has 0 saturated carbocycles. The molecule has 1 N–H and O–H groups in total. The molecule has 1 aliphatic rings. The van der Waals surface area contributed by atoms with E-state index >= 15 is 0 Å². The molecule has 1 atom stereocenters. The SMILES string of the molecule is CC[C@H](C)OC(=O)Cn1c(O)c(C=C2C(C)=Nc3ccccc32)sc1=O. The van der Waals surface area contributed by atoms with E-state index in [2.05, 4.69) is 4.99 Å². The van der Waals surface area contributed by atoms with Gasteiger partial charge in [-0.05, 0) is 32.4 Å². The molecule has 6 nitrogen and oxygen atoms in total. The van der Waals surface area contributed by atoms with Crippen LogP contribution in [-0.4, -0.2) is 27.5 Å². The average molecular weight is 372 g/mol. The van der Waals surface area contributed by atoms with Crippen LogP contribution < -0.4 is 4.87 Å². The molecule has 0 unspecified atom stereocenters. The molecule has 7 heteroatoms. The molecule has 0 saturated heterocycles. The van der Waals surface area contributed by atoms with E-state index in [0.29, 0.717) is 11.3 Å². The normalized spacial score (nSPS) is 15.7. The van der Waals surface area contributed by atoms with Crippen molar-refractivity contribution in [1.82, 2.24) is 4.57 Å². The molecule has 1 aromatic heterocycles. The number of carbonyl (C=O) groups excluding carboxylic acids is 1. The summed E-state index contributed by atoms with van der Waals surface area (Å²) in [4.78, 5) is 28.6. The van der Waals surface area contributed by atoms with E-state index in [1.165, 1.54) is 0 Å². The number of hydrogen-bond acceptors (Lipinski definition) is 6. The number of para-hydroxylation sites is 1. The van der Waals surface area contributed by atoms with Crippen LogP contribution in [0.1, 0.15) is 37.6 Å². The van der Waals surface area contributed by atoms with Crippen molar-refractivity contribution < 1.29 is 14.6 Å². The Balaban J connectivity index is 1.91. The van der Waals surface area contributed by atoms with Crippen LogP contribution in [0.3, 0.4) is 0 Å². The zero-order valence-electron chi connectivity index (χ0n) is 14.9. The number of aromatic hydroxyl groups is 1. The van der Waals surface area contributed by atoms with Gasteiger partial charge in [0.1, 0.15) is 6.54 Å². The Morgan fingerprint density at radius 3 is 2.88 bits per heavy atom. The number of carbonyl (C=O) groups is 1. The topological polar surface area (TPSA) is 80.9 Å². The first-order valence-electron chi connectivity index (χ1n) is 8.39. The third kappa shape index (κ3) is 3.48. The number of benzene rings is 1. The zero-order chi connectivity index (χ0) is 18.8. The number of nitrogens with zero attached hydrogens (tertiary/aromatic N) is 2. The van der Waals surface area contributed by atoms with E-state index < -0.39 is 10.8 Å². The first-order valence-corrected chi connectivity index (χ1v) is 9.21. The maximum atomic E-state index is 12.2. The summed E-state index contributed by atoms with van der Waals surface area (Å²) in [6, 6.07) is 7.69. The van der Waals surface area contributed by atoms with Gasteiger partial charge in [0, 0.05) is 16.8 Å². The first-order chi connectivity index (χ1) is 12.4. The predicted molar refractivity (Wildman–Crippen MR) is 103 cm³/mol. The van der Waals surface area contributed by atoms with Gasteiger partial charge < -0.3 is 9.84 Å². The summed E-state index contributed by atoms with van der Waals surface area (Å²) in [6.45, 7) is 5.26. The van der Waals surface area contributed by atoms with Crippen LogP contribution in [0.25, 0.3) is 11.6 Å². The quantitative estimate of drug-likeness (QED) is 0.813. The zero-order valence-corrected chi connectivity index (χ0v) is 15.7. The molecular weight excluding hydrogens is 352 g/mol. The second kappa shape index (κ2) is 7.29. The lowest BCUT2D eigenvalue weighted by Crippen LogP contribution is -2.23. The van der Waals surface area contributed by atoms with Crippen molar-refractivity contribution in [2.75, 3.05) is 0 Å². The summed E-state index contributed by atoms with van der Waals surface area (Å²) in [5.74, 6) is -0.775. The summed E-state index contributed by atoms with van der Waals surface area (Å²) in [6.07, 6.45) is 2.20. The van der Waals surface area contributed by atoms with Gasteiger partial charge in [-0.15, -0.1) is 0 Å². The molecule has 1 aliphatic heterocycles. The Morgan fingerprint density at radius 1 is 1.42 bits per heavy atom. The second-order valence-electron chi connectivity index (χ2n) is 6.12. The van der Waals surface area contributed by atoms with Crippen LogP contribution in [0, 0.1) is 0 Å². The Kier molecular flexibility index (Phi) is 5.08. The third-order valence-corrected chi connectivity index (χ3v) is 5.15. The van der Waals surface area contributed by atoms with Crippen molar-refractivity contribution in [2.24, 2.45) is 4.99 Å². The largest absolute Gasteiger partial charge is 0.493 e. The van der Waals surface area contributed by atoms with Gasteiger partial charge in [-0.3, -0.25) is 19.1 Å². The summed E-state index contributed by atoms with van der Waals surface area (Å²) in [5.41, 5.74) is 3.48. The van der Waals surface area contributed by atoms with E-state index in [4.69, 9.17) is 4.74 Å². The van der Waals surface area contributed by atoms with Crippen LogP contribution in [-0.2, 0) is 16.1 Å². The smallest absolute Gasteiger partial charge is 0.326 e. The number of allylic oxidation sites excluding steroid dienone is 1. The standard InChI is InChI=1S/C19H20N2O4S/c1-4-11(2)25-17(22)10-21-18(23)16(26-19(21)24)9-14-12(3)20-15-8-6-5-7-13(14)15/h5-9,11,23H,4,10H2,1-3H3/t11-/m0/s1. The lowest BCUT2D eigenvalue weighted by atomic mass is 10.0. The minimum absolute atomic E-state index is 0.227. The number of esters is 1. The van der Waals surface area contributed by atoms with Crippen LogP contribution >= 0.6 is 11.3 Å². The van der Waals surface area contributed by atoms with Gasteiger partial charge in [0.05, 0.1) is 16.7 Å². The molecule has 0 radical (unpaired) electrons. The van der Waals surface area contributed by atoms with Gasteiger partial charge in [-0.2, -0.15) is 0 Å². The highest BCUT2D eigenvalue weighted by Gasteiger charge is 2.21. The number of hydrogen-bond donors (Lipinski definition) is 1. The fourth-order valence-corrected chi connectivity index (χ4v) is 3.50. The number of aromatic nitrogens is 1. The fraction of sp³-hybridized carbons (Fsp3) is 0.316. The Bertz CT molecular complexity index is 968. The molecule has 0 fully saturated rings. The van der Waals surface area contributed by atoms with Crippen molar-refractivity contribution in [3.05, 3.63) is 44.4 Å². The molecule has 0 aliphatic carbocycles. The molecule has 0 bridgehead atoms.